The summed E-state index contributed by atoms with van der Waals surface area (Å²) in [6, 6.07) is 8.55. The minimum atomic E-state index is -0.914. The van der Waals surface area contributed by atoms with Crippen LogP contribution in [0.25, 0.3) is 6.08 Å². The second-order valence-electron chi connectivity index (χ2n) is 4.10. The fourth-order valence-corrected chi connectivity index (χ4v) is 1.87. The summed E-state index contributed by atoms with van der Waals surface area (Å²) in [4.78, 5) is 12.7. The summed E-state index contributed by atoms with van der Waals surface area (Å²) in [5, 5.41) is 8.56. The molecule has 1 aromatic carbocycles. The molecule has 1 heterocycles. The fourth-order valence-electron chi connectivity index (χ4n) is 1.87. The van der Waals surface area contributed by atoms with Crippen LogP contribution in [0.2, 0.25) is 0 Å². The van der Waals surface area contributed by atoms with Crippen LogP contribution in [-0.2, 0) is 4.79 Å². The lowest BCUT2D eigenvalue weighted by Crippen LogP contribution is -2.45. The van der Waals surface area contributed by atoms with E-state index < -0.39 is 5.97 Å². The SMILES string of the molecule is CC1CCN1c1cccc(/C=C/C(=O)O)c1. The number of hydrogen-bond acceptors (Lipinski definition) is 2. The molecule has 0 aliphatic carbocycles. The first-order chi connectivity index (χ1) is 7.66. The van der Waals surface area contributed by atoms with Crippen molar-refractivity contribution >= 4 is 17.7 Å². The lowest BCUT2D eigenvalue weighted by Gasteiger charge is -2.40. The summed E-state index contributed by atoms with van der Waals surface area (Å²) in [5.74, 6) is -0.914. The summed E-state index contributed by atoms with van der Waals surface area (Å²) >= 11 is 0. The molecule has 1 saturated heterocycles. The smallest absolute Gasteiger partial charge is 0.328 e. The quantitative estimate of drug-likeness (QED) is 0.790. The van der Waals surface area contributed by atoms with E-state index in [-0.39, 0.29) is 0 Å². The minimum Gasteiger partial charge on any atom is -0.478 e. The number of carbonyl (C=O) groups is 1. The van der Waals surface area contributed by atoms with Gasteiger partial charge in [0.25, 0.3) is 0 Å². The molecule has 0 aromatic heterocycles. The normalized spacial score (nSPS) is 19.8. The van der Waals surface area contributed by atoms with E-state index in [4.69, 9.17) is 5.11 Å². The van der Waals surface area contributed by atoms with Crippen LogP contribution in [0.15, 0.2) is 30.3 Å². The van der Waals surface area contributed by atoms with E-state index in [0.29, 0.717) is 6.04 Å². The van der Waals surface area contributed by atoms with Gasteiger partial charge in [0, 0.05) is 24.4 Å². The highest BCUT2D eigenvalue weighted by atomic mass is 16.4. The fraction of sp³-hybridized carbons (Fsp3) is 0.308. The number of aliphatic carboxylic acids is 1. The van der Waals surface area contributed by atoms with Crippen molar-refractivity contribution in [2.45, 2.75) is 19.4 Å². The van der Waals surface area contributed by atoms with Crippen molar-refractivity contribution in [3.8, 4) is 0 Å². The molecule has 3 nitrogen and oxygen atoms in total. The molecule has 1 aromatic rings. The summed E-state index contributed by atoms with van der Waals surface area (Å²) in [6.45, 7) is 3.29. The molecule has 16 heavy (non-hydrogen) atoms. The number of carboxylic acids is 1. The van der Waals surface area contributed by atoms with E-state index in [2.05, 4.69) is 17.9 Å². The maximum Gasteiger partial charge on any atom is 0.328 e. The van der Waals surface area contributed by atoms with Gasteiger partial charge in [0.2, 0.25) is 0 Å². The van der Waals surface area contributed by atoms with Crippen molar-refractivity contribution in [3.05, 3.63) is 35.9 Å². The summed E-state index contributed by atoms with van der Waals surface area (Å²) < 4.78 is 0. The number of nitrogens with zero attached hydrogens (tertiary/aromatic N) is 1. The Morgan fingerprint density at radius 2 is 2.38 bits per heavy atom. The molecule has 2 rings (SSSR count). The Hall–Kier alpha value is -1.77. The molecule has 1 fully saturated rings. The van der Waals surface area contributed by atoms with Crippen molar-refractivity contribution in [2.75, 3.05) is 11.4 Å². The van der Waals surface area contributed by atoms with Gasteiger partial charge in [0.1, 0.15) is 0 Å². The zero-order chi connectivity index (χ0) is 11.5. The van der Waals surface area contributed by atoms with Crippen LogP contribution in [0.4, 0.5) is 5.69 Å². The van der Waals surface area contributed by atoms with Gasteiger partial charge in [0.15, 0.2) is 0 Å². The van der Waals surface area contributed by atoms with Gasteiger partial charge in [-0.2, -0.15) is 0 Å². The minimum absolute atomic E-state index is 0.596. The van der Waals surface area contributed by atoms with Crippen molar-refractivity contribution in [3.63, 3.8) is 0 Å². The van der Waals surface area contributed by atoms with Crippen molar-refractivity contribution in [2.24, 2.45) is 0 Å². The van der Waals surface area contributed by atoms with E-state index in [0.717, 1.165) is 12.1 Å². The molecular weight excluding hydrogens is 202 g/mol. The molecule has 0 bridgehead atoms. The van der Waals surface area contributed by atoms with Crippen molar-refractivity contribution < 1.29 is 9.90 Å². The van der Waals surface area contributed by atoms with Crippen LogP contribution in [-0.4, -0.2) is 23.7 Å². The predicted octanol–water partition coefficient (Wildman–Crippen LogP) is 2.38. The van der Waals surface area contributed by atoms with E-state index in [1.54, 1.807) is 6.08 Å². The van der Waals surface area contributed by atoms with Crippen molar-refractivity contribution in [1.29, 1.82) is 0 Å². The highest BCUT2D eigenvalue weighted by Crippen LogP contribution is 2.26. The van der Waals surface area contributed by atoms with Crippen LogP contribution in [0, 0.1) is 0 Å². The molecule has 3 heteroatoms. The average Bonchev–Trinajstić information content (AvgIpc) is 2.25. The van der Waals surface area contributed by atoms with Gasteiger partial charge < -0.3 is 10.0 Å². The Balaban J connectivity index is 2.16. The topological polar surface area (TPSA) is 40.5 Å². The standard InChI is InChI=1S/C13H15NO2/c1-10-7-8-14(10)12-4-2-3-11(9-12)5-6-13(15)16/h2-6,9-10H,7-8H2,1H3,(H,15,16)/b6-5+. The third kappa shape index (κ3) is 2.24. The molecule has 1 unspecified atom stereocenters. The third-order valence-corrected chi connectivity index (χ3v) is 2.94. The van der Waals surface area contributed by atoms with E-state index in [1.807, 2.05) is 18.2 Å². The molecule has 1 atom stereocenters. The highest BCUT2D eigenvalue weighted by molar-refractivity contribution is 5.85. The number of benzene rings is 1. The van der Waals surface area contributed by atoms with Crippen molar-refractivity contribution in [1.82, 2.24) is 0 Å². The molecule has 1 aliphatic heterocycles. The van der Waals surface area contributed by atoms with Gasteiger partial charge in [-0.15, -0.1) is 0 Å². The number of rotatable bonds is 3. The first-order valence-corrected chi connectivity index (χ1v) is 5.44. The Kier molecular flexibility index (Phi) is 2.95. The van der Waals surface area contributed by atoms with E-state index in [9.17, 15) is 4.79 Å². The number of anilines is 1. The maximum absolute atomic E-state index is 10.4. The molecule has 0 spiro atoms. The van der Waals surface area contributed by atoms with E-state index in [1.165, 1.54) is 18.2 Å². The summed E-state index contributed by atoms with van der Waals surface area (Å²) in [6.07, 6.45) is 4.02. The summed E-state index contributed by atoms with van der Waals surface area (Å²) in [7, 11) is 0. The molecule has 84 valence electrons. The molecule has 0 radical (unpaired) electrons. The van der Waals surface area contributed by atoms with Gasteiger partial charge in [-0.05, 0) is 37.1 Å². The lowest BCUT2D eigenvalue weighted by atomic mass is 10.0. The Bertz CT molecular complexity index is 426. The Morgan fingerprint density at radius 1 is 1.56 bits per heavy atom. The first kappa shape index (κ1) is 10.7. The maximum atomic E-state index is 10.4. The second-order valence-corrected chi connectivity index (χ2v) is 4.10. The molecular formula is C13H15NO2. The molecule has 1 N–H and O–H groups in total. The zero-order valence-corrected chi connectivity index (χ0v) is 9.26. The second kappa shape index (κ2) is 4.39. The molecule has 0 amide bonds. The average molecular weight is 217 g/mol. The van der Waals surface area contributed by atoms with Crippen LogP contribution < -0.4 is 4.90 Å². The van der Waals surface area contributed by atoms with Crippen LogP contribution in [0.3, 0.4) is 0 Å². The van der Waals surface area contributed by atoms with Gasteiger partial charge in [-0.3, -0.25) is 0 Å². The monoisotopic (exact) mass is 217 g/mol. The summed E-state index contributed by atoms with van der Waals surface area (Å²) in [5.41, 5.74) is 2.10. The molecule has 1 aliphatic rings. The van der Waals surface area contributed by atoms with Gasteiger partial charge in [-0.25, -0.2) is 4.79 Å². The number of hydrogen-bond donors (Lipinski definition) is 1. The highest BCUT2D eigenvalue weighted by Gasteiger charge is 2.23. The Morgan fingerprint density at radius 3 is 2.94 bits per heavy atom. The lowest BCUT2D eigenvalue weighted by molar-refractivity contribution is -0.131. The van der Waals surface area contributed by atoms with Gasteiger partial charge >= 0.3 is 5.97 Å². The zero-order valence-electron chi connectivity index (χ0n) is 9.26. The van der Waals surface area contributed by atoms with Crippen LogP contribution in [0.5, 0.6) is 0 Å². The van der Waals surface area contributed by atoms with Gasteiger partial charge in [0.05, 0.1) is 0 Å². The Labute approximate surface area is 95.0 Å². The van der Waals surface area contributed by atoms with E-state index >= 15 is 0 Å². The van der Waals surface area contributed by atoms with Gasteiger partial charge in [-0.1, -0.05) is 12.1 Å². The third-order valence-electron chi connectivity index (χ3n) is 2.94. The van der Waals surface area contributed by atoms with Crippen LogP contribution in [0.1, 0.15) is 18.9 Å². The number of carboxylic acid groups (broad SMARTS) is 1. The molecule has 0 saturated carbocycles. The van der Waals surface area contributed by atoms with Crippen LogP contribution >= 0.6 is 0 Å². The largest absolute Gasteiger partial charge is 0.478 e. The first-order valence-electron chi connectivity index (χ1n) is 5.44. The predicted molar refractivity (Wildman–Crippen MR) is 64.5 cm³/mol.